The number of aromatic nitrogens is 1. The molecule has 0 atom stereocenters. The van der Waals surface area contributed by atoms with Gasteiger partial charge in [0.05, 0.1) is 5.52 Å². The summed E-state index contributed by atoms with van der Waals surface area (Å²) in [6.07, 6.45) is 3.56. The summed E-state index contributed by atoms with van der Waals surface area (Å²) < 4.78 is 13.2. The van der Waals surface area contributed by atoms with Gasteiger partial charge in [0.2, 0.25) is 0 Å². The minimum atomic E-state index is -0.183. The zero-order chi connectivity index (χ0) is 18.2. The van der Waals surface area contributed by atoms with Crippen molar-refractivity contribution in [2.75, 3.05) is 13.6 Å². The number of benzene rings is 2. The molecule has 0 aliphatic rings. The van der Waals surface area contributed by atoms with Crippen molar-refractivity contribution in [1.29, 1.82) is 0 Å². The molecule has 2 aromatic carbocycles. The van der Waals surface area contributed by atoms with Crippen molar-refractivity contribution in [3.05, 3.63) is 77.7 Å². The number of halogens is 2. The molecule has 142 valence electrons. The van der Waals surface area contributed by atoms with Crippen LogP contribution >= 0.6 is 24.0 Å². The number of nitrogens with one attached hydrogen (secondary N) is 2. The van der Waals surface area contributed by atoms with Crippen molar-refractivity contribution >= 4 is 40.8 Å². The second-order valence-electron chi connectivity index (χ2n) is 6.07. The number of fused-ring (bicyclic) bond motifs is 1. The minimum Gasteiger partial charge on any atom is -0.356 e. The van der Waals surface area contributed by atoms with Crippen LogP contribution in [0.4, 0.5) is 4.39 Å². The fraction of sp³-hybridized carbons (Fsp3) is 0.238. The summed E-state index contributed by atoms with van der Waals surface area (Å²) in [5, 5.41) is 7.78. The summed E-state index contributed by atoms with van der Waals surface area (Å²) in [6.45, 7) is 1.44. The first kappa shape index (κ1) is 21.1. The predicted molar refractivity (Wildman–Crippen MR) is 120 cm³/mol. The Morgan fingerprint density at radius 1 is 1.07 bits per heavy atom. The van der Waals surface area contributed by atoms with Crippen LogP contribution in [-0.4, -0.2) is 24.5 Å². The van der Waals surface area contributed by atoms with Gasteiger partial charge in [-0.25, -0.2) is 4.39 Å². The number of aliphatic imine (C=N–C) groups is 1. The summed E-state index contributed by atoms with van der Waals surface area (Å²) in [5.74, 6) is 0.572. The van der Waals surface area contributed by atoms with E-state index in [1.165, 1.54) is 11.6 Å². The van der Waals surface area contributed by atoms with Gasteiger partial charge in [-0.2, -0.15) is 0 Å². The first-order chi connectivity index (χ1) is 12.8. The Bertz CT molecular complexity index is 893. The van der Waals surface area contributed by atoms with E-state index in [1.807, 2.05) is 36.5 Å². The third-order valence-electron chi connectivity index (χ3n) is 4.23. The highest BCUT2D eigenvalue weighted by Gasteiger charge is 2.03. The second kappa shape index (κ2) is 10.8. The molecule has 6 heteroatoms. The molecular formula is C21H24FIN4. The molecule has 0 radical (unpaired) electrons. The summed E-state index contributed by atoms with van der Waals surface area (Å²) in [5.41, 5.74) is 3.18. The Morgan fingerprint density at radius 3 is 2.74 bits per heavy atom. The van der Waals surface area contributed by atoms with Gasteiger partial charge in [0.15, 0.2) is 5.96 Å². The van der Waals surface area contributed by atoms with Crippen LogP contribution in [-0.2, 0) is 13.0 Å². The second-order valence-corrected chi connectivity index (χ2v) is 6.07. The average Bonchev–Trinajstić information content (AvgIpc) is 2.67. The number of aryl methyl sites for hydroxylation is 1. The van der Waals surface area contributed by atoms with Gasteiger partial charge >= 0.3 is 0 Å². The highest BCUT2D eigenvalue weighted by molar-refractivity contribution is 14.0. The molecule has 0 fully saturated rings. The molecule has 0 aliphatic heterocycles. The summed E-state index contributed by atoms with van der Waals surface area (Å²) in [7, 11) is 1.76. The van der Waals surface area contributed by atoms with E-state index in [4.69, 9.17) is 0 Å². The minimum absolute atomic E-state index is 0. The highest BCUT2D eigenvalue weighted by Crippen LogP contribution is 2.15. The van der Waals surface area contributed by atoms with Crippen molar-refractivity contribution in [3.63, 3.8) is 0 Å². The van der Waals surface area contributed by atoms with Crippen LogP contribution in [0.25, 0.3) is 10.9 Å². The lowest BCUT2D eigenvalue weighted by Crippen LogP contribution is -2.37. The Labute approximate surface area is 176 Å². The van der Waals surface area contributed by atoms with E-state index in [0.29, 0.717) is 6.54 Å². The first-order valence-electron chi connectivity index (χ1n) is 8.78. The molecule has 0 saturated heterocycles. The van der Waals surface area contributed by atoms with Crippen LogP contribution in [0.3, 0.4) is 0 Å². The van der Waals surface area contributed by atoms with E-state index in [9.17, 15) is 4.39 Å². The van der Waals surface area contributed by atoms with E-state index >= 15 is 0 Å². The van der Waals surface area contributed by atoms with Gasteiger partial charge in [0.1, 0.15) is 5.82 Å². The Balaban J connectivity index is 0.00000261. The molecule has 0 bridgehead atoms. The first-order valence-corrected chi connectivity index (χ1v) is 8.78. The van der Waals surface area contributed by atoms with Gasteiger partial charge in [-0.1, -0.05) is 30.3 Å². The number of guanidine groups is 1. The quantitative estimate of drug-likeness (QED) is 0.241. The van der Waals surface area contributed by atoms with Gasteiger partial charge in [0, 0.05) is 31.7 Å². The van der Waals surface area contributed by atoms with E-state index in [0.717, 1.165) is 41.8 Å². The largest absolute Gasteiger partial charge is 0.356 e. The topological polar surface area (TPSA) is 49.3 Å². The van der Waals surface area contributed by atoms with Crippen molar-refractivity contribution in [2.24, 2.45) is 4.99 Å². The third kappa shape index (κ3) is 6.16. The zero-order valence-corrected chi connectivity index (χ0v) is 17.6. The van der Waals surface area contributed by atoms with Crippen molar-refractivity contribution in [3.8, 4) is 0 Å². The molecular weight excluding hydrogens is 454 g/mol. The van der Waals surface area contributed by atoms with Crippen LogP contribution in [0.15, 0.2) is 65.8 Å². The lowest BCUT2D eigenvalue weighted by Gasteiger charge is -2.13. The van der Waals surface area contributed by atoms with Gasteiger partial charge in [-0.05, 0) is 48.2 Å². The molecule has 1 aromatic heterocycles. The maximum atomic E-state index is 13.2. The maximum absolute atomic E-state index is 13.2. The lowest BCUT2D eigenvalue weighted by molar-refractivity contribution is 0.624. The number of para-hydroxylation sites is 1. The van der Waals surface area contributed by atoms with Crippen LogP contribution in [0.5, 0.6) is 0 Å². The van der Waals surface area contributed by atoms with Gasteiger partial charge < -0.3 is 10.6 Å². The fourth-order valence-electron chi connectivity index (χ4n) is 2.90. The number of rotatable bonds is 6. The molecule has 27 heavy (non-hydrogen) atoms. The summed E-state index contributed by atoms with van der Waals surface area (Å²) >= 11 is 0. The summed E-state index contributed by atoms with van der Waals surface area (Å²) in [4.78, 5) is 8.65. The predicted octanol–water partition coefficient (Wildman–Crippen LogP) is 4.29. The van der Waals surface area contributed by atoms with E-state index in [2.05, 4.69) is 26.7 Å². The molecule has 0 spiro atoms. The Hall–Kier alpha value is -2.22. The molecule has 4 nitrogen and oxygen atoms in total. The summed E-state index contributed by atoms with van der Waals surface area (Å²) in [6, 6.07) is 16.9. The Morgan fingerprint density at radius 2 is 1.93 bits per heavy atom. The lowest BCUT2D eigenvalue weighted by atomic mass is 10.1. The molecule has 0 amide bonds. The number of nitrogens with zero attached hydrogens (tertiary/aromatic N) is 2. The third-order valence-corrected chi connectivity index (χ3v) is 4.23. The maximum Gasteiger partial charge on any atom is 0.191 e. The number of pyridine rings is 1. The monoisotopic (exact) mass is 478 g/mol. The van der Waals surface area contributed by atoms with Crippen LogP contribution in [0.1, 0.15) is 17.5 Å². The van der Waals surface area contributed by atoms with E-state index in [-0.39, 0.29) is 29.8 Å². The number of hydrogen-bond donors (Lipinski definition) is 2. The van der Waals surface area contributed by atoms with Crippen LogP contribution < -0.4 is 10.6 Å². The SMILES string of the molecule is CN=C(NCCCc1cccc(F)c1)NCc1ccnc2ccccc12.I. The molecule has 2 N–H and O–H groups in total. The van der Waals surface area contributed by atoms with E-state index < -0.39 is 0 Å². The van der Waals surface area contributed by atoms with Gasteiger partial charge in [-0.15, -0.1) is 24.0 Å². The average molecular weight is 478 g/mol. The highest BCUT2D eigenvalue weighted by atomic mass is 127. The molecule has 1 heterocycles. The smallest absolute Gasteiger partial charge is 0.191 e. The number of hydrogen-bond acceptors (Lipinski definition) is 2. The van der Waals surface area contributed by atoms with Crippen LogP contribution in [0.2, 0.25) is 0 Å². The van der Waals surface area contributed by atoms with Crippen molar-refractivity contribution < 1.29 is 4.39 Å². The molecule has 3 rings (SSSR count). The molecule has 0 saturated carbocycles. The van der Waals surface area contributed by atoms with E-state index in [1.54, 1.807) is 19.2 Å². The Kier molecular flexibility index (Phi) is 8.44. The normalized spacial score (nSPS) is 11.1. The van der Waals surface area contributed by atoms with Gasteiger partial charge in [0.25, 0.3) is 0 Å². The van der Waals surface area contributed by atoms with Gasteiger partial charge in [-0.3, -0.25) is 9.98 Å². The fourth-order valence-corrected chi connectivity index (χ4v) is 2.90. The standard InChI is InChI=1S/C21H23FN4.HI/c1-23-21(25-12-5-7-16-6-4-8-18(22)14-16)26-15-17-11-13-24-20-10-3-2-9-19(17)20;/h2-4,6,8-11,13-14H,5,7,12,15H2,1H3,(H2,23,25,26);1H. The molecule has 0 unspecified atom stereocenters. The van der Waals surface area contributed by atoms with Crippen LogP contribution in [0, 0.1) is 5.82 Å². The van der Waals surface area contributed by atoms with Crippen molar-refractivity contribution in [1.82, 2.24) is 15.6 Å². The molecule has 3 aromatic rings. The zero-order valence-electron chi connectivity index (χ0n) is 15.3. The van der Waals surface area contributed by atoms with Crippen molar-refractivity contribution in [2.45, 2.75) is 19.4 Å². The molecule has 0 aliphatic carbocycles.